The number of H-pyrrole nitrogens is 1. The van der Waals surface area contributed by atoms with Crippen molar-refractivity contribution in [3.8, 4) is 0 Å². The predicted molar refractivity (Wildman–Crippen MR) is 52.9 cm³/mol. The van der Waals surface area contributed by atoms with Crippen molar-refractivity contribution in [2.24, 2.45) is 0 Å². The molecule has 2 heterocycles. The van der Waals surface area contributed by atoms with Crippen molar-refractivity contribution in [2.75, 3.05) is 0 Å². The molecule has 0 aliphatic heterocycles. The maximum atomic E-state index is 10.8. The molecule has 0 amide bonds. The first-order valence-corrected chi connectivity index (χ1v) is 4.37. The number of hydrogen-bond acceptors (Lipinski definition) is 6. The Labute approximate surface area is 92.8 Å². The minimum atomic E-state index is -1.42. The summed E-state index contributed by atoms with van der Waals surface area (Å²) in [7, 11) is 0. The molecule has 0 spiro atoms. The summed E-state index contributed by atoms with van der Waals surface area (Å²) in [4.78, 5) is 34.7. The molecule has 0 saturated carbocycles. The van der Waals surface area contributed by atoms with Crippen molar-refractivity contribution in [1.82, 2.24) is 19.9 Å². The Kier molecular flexibility index (Phi) is 2.23. The number of nitrogens with one attached hydrogen (secondary N) is 1. The third kappa shape index (κ3) is 1.56. The van der Waals surface area contributed by atoms with E-state index in [2.05, 4.69) is 32.6 Å². The van der Waals surface area contributed by atoms with Gasteiger partial charge >= 0.3 is 11.9 Å². The van der Waals surface area contributed by atoms with Gasteiger partial charge in [-0.05, 0) is 0 Å². The van der Waals surface area contributed by atoms with Crippen LogP contribution in [0.1, 0.15) is 21.1 Å². The number of rotatable bonds is 2. The molecule has 9 heteroatoms. The summed E-state index contributed by atoms with van der Waals surface area (Å²) in [5.41, 5.74) is -0.451. The second-order valence-electron chi connectivity index (χ2n) is 2.77. The van der Waals surface area contributed by atoms with E-state index in [0.717, 1.165) is 0 Å². The Morgan fingerprint density at radius 3 is 2.38 bits per heavy atom. The van der Waals surface area contributed by atoms with Crippen LogP contribution in [0.4, 0.5) is 0 Å². The summed E-state index contributed by atoms with van der Waals surface area (Å²) < 4.78 is 0. The molecule has 0 unspecified atom stereocenters. The lowest BCUT2D eigenvalue weighted by Crippen LogP contribution is -2.10. The second-order valence-corrected chi connectivity index (χ2v) is 3.19. The van der Waals surface area contributed by atoms with Gasteiger partial charge in [0.05, 0.1) is 0 Å². The summed E-state index contributed by atoms with van der Waals surface area (Å²) in [5.74, 6) is -3.41. The molecule has 0 fully saturated rings. The summed E-state index contributed by atoms with van der Waals surface area (Å²) >= 11 is 3.87. The van der Waals surface area contributed by atoms with Crippen LogP contribution < -0.4 is 0 Å². The number of aromatic nitrogens is 4. The van der Waals surface area contributed by atoms with E-state index in [4.69, 9.17) is 10.2 Å². The molecular weight excluding hydrogens is 236 g/mol. The molecule has 0 bridgehead atoms. The van der Waals surface area contributed by atoms with Crippen LogP contribution >= 0.6 is 12.6 Å². The molecule has 0 aliphatic rings. The van der Waals surface area contributed by atoms with Gasteiger partial charge in [-0.1, -0.05) is 0 Å². The zero-order valence-electron chi connectivity index (χ0n) is 7.50. The molecule has 16 heavy (non-hydrogen) atoms. The first-order valence-electron chi connectivity index (χ1n) is 3.92. The molecule has 0 saturated heterocycles. The van der Waals surface area contributed by atoms with Gasteiger partial charge in [0.2, 0.25) is 5.82 Å². The highest BCUT2D eigenvalue weighted by Crippen LogP contribution is 2.15. The van der Waals surface area contributed by atoms with Crippen molar-refractivity contribution in [3.05, 3.63) is 11.5 Å². The molecule has 2 aromatic heterocycles. The van der Waals surface area contributed by atoms with E-state index in [-0.39, 0.29) is 16.3 Å². The predicted octanol–water partition coefficient (Wildman–Crippen LogP) is 0.0380. The Morgan fingerprint density at radius 1 is 1.12 bits per heavy atom. The van der Waals surface area contributed by atoms with Crippen LogP contribution in [0.2, 0.25) is 0 Å². The highest BCUT2D eigenvalue weighted by molar-refractivity contribution is 7.80. The Balaban J connectivity index is 2.83. The lowest BCUT2D eigenvalue weighted by Gasteiger charge is -1.97. The van der Waals surface area contributed by atoms with Gasteiger partial charge in [0.15, 0.2) is 16.5 Å². The highest BCUT2D eigenvalue weighted by Gasteiger charge is 2.19. The summed E-state index contributed by atoms with van der Waals surface area (Å²) in [5, 5.41) is 17.7. The normalized spacial score (nSPS) is 10.6. The van der Waals surface area contributed by atoms with Crippen molar-refractivity contribution in [3.63, 3.8) is 0 Å². The average Bonchev–Trinajstić information content (AvgIpc) is 2.55. The number of nitrogens with zero attached hydrogens (tertiary/aromatic N) is 3. The van der Waals surface area contributed by atoms with Gasteiger partial charge in [-0.3, -0.25) is 0 Å². The molecule has 8 nitrogen and oxygen atoms in total. The zero-order chi connectivity index (χ0) is 11.9. The topological polar surface area (TPSA) is 129 Å². The lowest BCUT2D eigenvalue weighted by molar-refractivity contribution is 0.0681. The fourth-order valence-corrected chi connectivity index (χ4v) is 1.34. The number of thiol groups is 1. The Morgan fingerprint density at radius 2 is 1.81 bits per heavy atom. The van der Waals surface area contributed by atoms with E-state index in [1.165, 1.54) is 0 Å². The maximum absolute atomic E-state index is 10.8. The van der Waals surface area contributed by atoms with Crippen molar-refractivity contribution in [1.29, 1.82) is 0 Å². The van der Waals surface area contributed by atoms with Gasteiger partial charge in [-0.25, -0.2) is 24.5 Å². The Hall–Kier alpha value is -2.16. The molecular formula is C7H4N4O4S. The van der Waals surface area contributed by atoms with Gasteiger partial charge in [0.25, 0.3) is 0 Å². The average molecular weight is 240 g/mol. The lowest BCUT2D eigenvalue weighted by atomic mass is 10.3. The van der Waals surface area contributed by atoms with E-state index >= 15 is 0 Å². The minimum Gasteiger partial charge on any atom is -0.476 e. The highest BCUT2D eigenvalue weighted by atomic mass is 32.1. The third-order valence-electron chi connectivity index (χ3n) is 1.73. The van der Waals surface area contributed by atoms with Crippen LogP contribution in [0.3, 0.4) is 0 Å². The van der Waals surface area contributed by atoms with E-state index in [0.29, 0.717) is 0 Å². The number of aromatic carboxylic acids is 2. The Bertz CT molecular complexity index is 608. The molecule has 2 rings (SSSR count). The number of carboxylic acid groups (broad SMARTS) is 2. The van der Waals surface area contributed by atoms with Crippen LogP contribution in [-0.4, -0.2) is 42.1 Å². The number of imidazole rings is 1. The summed E-state index contributed by atoms with van der Waals surface area (Å²) in [6.07, 6.45) is 0. The molecule has 0 aliphatic carbocycles. The van der Waals surface area contributed by atoms with Gasteiger partial charge in [0.1, 0.15) is 5.52 Å². The number of aromatic amines is 1. The largest absolute Gasteiger partial charge is 0.476 e. The van der Waals surface area contributed by atoms with Crippen molar-refractivity contribution >= 4 is 35.7 Å². The number of hydrogen-bond donors (Lipinski definition) is 4. The van der Waals surface area contributed by atoms with Crippen LogP contribution in [0, 0.1) is 0 Å². The summed E-state index contributed by atoms with van der Waals surface area (Å²) in [6, 6.07) is 0. The van der Waals surface area contributed by atoms with Crippen molar-refractivity contribution in [2.45, 2.75) is 5.16 Å². The molecule has 2 aromatic rings. The quantitative estimate of drug-likeness (QED) is 0.545. The van der Waals surface area contributed by atoms with E-state index in [1.54, 1.807) is 0 Å². The fourth-order valence-electron chi connectivity index (χ4n) is 1.14. The van der Waals surface area contributed by atoms with Crippen LogP contribution in [-0.2, 0) is 0 Å². The monoisotopic (exact) mass is 240 g/mol. The molecule has 0 aromatic carbocycles. The standard InChI is InChI=1S/C7H4N4O4S/c12-5(13)2-1-3(11-7(16)9-1)10-4(8-2)6(14)15/h(H,12,13)(H,14,15)(H2,8,9,10,11,16). The van der Waals surface area contributed by atoms with Gasteiger partial charge in [0, 0.05) is 0 Å². The van der Waals surface area contributed by atoms with Crippen LogP contribution in [0.15, 0.2) is 5.16 Å². The molecule has 82 valence electrons. The maximum Gasteiger partial charge on any atom is 0.374 e. The second kappa shape index (κ2) is 3.45. The number of carbonyl (C=O) groups is 2. The first-order chi connectivity index (χ1) is 7.49. The van der Waals surface area contributed by atoms with Crippen LogP contribution in [0.5, 0.6) is 0 Å². The van der Waals surface area contributed by atoms with Gasteiger partial charge < -0.3 is 15.2 Å². The third-order valence-corrected chi connectivity index (χ3v) is 1.94. The SMILES string of the molecule is O=C(O)c1nc(C(=O)O)c2[nH]c(S)nc2n1. The van der Waals surface area contributed by atoms with E-state index in [9.17, 15) is 9.59 Å². The summed E-state index contributed by atoms with van der Waals surface area (Å²) in [6.45, 7) is 0. The smallest absolute Gasteiger partial charge is 0.374 e. The first kappa shape index (κ1) is 10.4. The molecule has 0 atom stereocenters. The van der Waals surface area contributed by atoms with Crippen molar-refractivity contribution < 1.29 is 19.8 Å². The number of fused-ring (bicyclic) bond motifs is 1. The minimum absolute atomic E-state index is 0.0440. The number of carboxylic acids is 2. The van der Waals surface area contributed by atoms with Gasteiger partial charge in [-0.2, -0.15) is 0 Å². The van der Waals surface area contributed by atoms with Crippen LogP contribution in [0.25, 0.3) is 11.2 Å². The zero-order valence-corrected chi connectivity index (χ0v) is 8.39. The molecule has 3 N–H and O–H groups in total. The fraction of sp³-hybridized carbons (Fsp3) is 0. The van der Waals surface area contributed by atoms with Gasteiger partial charge in [-0.15, -0.1) is 12.6 Å². The van der Waals surface area contributed by atoms with E-state index in [1.807, 2.05) is 0 Å². The molecule has 0 radical (unpaired) electrons. The van der Waals surface area contributed by atoms with E-state index < -0.39 is 23.5 Å².